The third kappa shape index (κ3) is 4.62. The molecule has 3 aromatic rings. The number of hydrogen-bond donors (Lipinski definition) is 1. The summed E-state index contributed by atoms with van der Waals surface area (Å²) in [6, 6.07) is 16.3. The van der Waals surface area contributed by atoms with Crippen molar-refractivity contribution in [2.45, 2.75) is 48.0 Å². The van der Waals surface area contributed by atoms with Gasteiger partial charge in [-0.3, -0.25) is 4.79 Å². The number of benzene rings is 2. The van der Waals surface area contributed by atoms with E-state index in [9.17, 15) is 10.1 Å². The van der Waals surface area contributed by atoms with Crippen molar-refractivity contribution in [2.75, 3.05) is 5.32 Å². The molecule has 3 rings (SSSR count). The van der Waals surface area contributed by atoms with Crippen LogP contribution in [-0.4, -0.2) is 10.5 Å². The summed E-state index contributed by atoms with van der Waals surface area (Å²) in [6.07, 6.45) is 2.61. The Hall–Kier alpha value is -3.58. The standard InChI is InChI=1S/C27H29N3O/c1-7-22-10-8-9-19(4)26(22)30-20(5)14-23(21(30)6)15-24(16-28)27(31)29-25-12-17(2)11-18(3)13-25/h8-15H,7H2,1-6H3,(H,29,31)/b24-15-. The van der Waals surface area contributed by atoms with Gasteiger partial charge in [0, 0.05) is 17.1 Å². The quantitative estimate of drug-likeness (QED) is 0.406. The third-order valence-corrected chi connectivity index (χ3v) is 5.54. The molecule has 0 saturated heterocycles. The highest BCUT2D eigenvalue weighted by Crippen LogP contribution is 2.28. The fourth-order valence-electron chi connectivity index (χ4n) is 4.15. The van der Waals surface area contributed by atoms with Crippen LogP contribution in [0.25, 0.3) is 11.8 Å². The van der Waals surface area contributed by atoms with Gasteiger partial charge in [0.1, 0.15) is 11.6 Å². The first-order valence-corrected chi connectivity index (χ1v) is 10.5. The van der Waals surface area contributed by atoms with E-state index in [4.69, 9.17) is 0 Å². The van der Waals surface area contributed by atoms with Gasteiger partial charge in [-0.25, -0.2) is 0 Å². The molecule has 1 aromatic heterocycles. The lowest BCUT2D eigenvalue weighted by Crippen LogP contribution is -2.13. The van der Waals surface area contributed by atoms with E-state index in [0.29, 0.717) is 5.69 Å². The molecule has 0 saturated carbocycles. The molecule has 0 fully saturated rings. The molecule has 2 aromatic carbocycles. The fraction of sp³-hybridized carbons (Fsp3) is 0.259. The van der Waals surface area contributed by atoms with Gasteiger partial charge in [0.05, 0.1) is 5.69 Å². The number of nitrogens with one attached hydrogen (secondary N) is 1. The van der Waals surface area contributed by atoms with Crippen molar-refractivity contribution >= 4 is 17.7 Å². The summed E-state index contributed by atoms with van der Waals surface area (Å²) in [5.74, 6) is -0.401. The van der Waals surface area contributed by atoms with Gasteiger partial charge in [0.2, 0.25) is 0 Å². The van der Waals surface area contributed by atoms with Crippen LogP contribution < -0.4 is 5.32 Å². The molecular formula is C27H29N3O. The summed E-state index contributed by atoms with van der Waals surface area (Å²) in [5, 5.41) is 12.5. The van der Waals surface area contributed by atoms with E-state index in [0.717, 1.165) is 34.5 Å². The lowest BCUT2D eigenvalue weighted by atomic mass is 10.1. The Morgan fingerprint density at radius 2 is 1.74 bits per heavy atom. The second-order valence-electron chi connectivity index (χ2n) is 8.10. The second-order valence-corrected chi connectivity index (χ2v) is 8.10. The fourth-order valence-corrected chi connectivity index (χ4v) is 4.15. The highest BCUT2D eigenvalue weighted by atomic mass is 16.1. The van der Waals surface area contributed by atoms with Gasteiger partial charge in [-0.05, 0) is 93.1 Å². The van der Waals surface area contributed by atoms with Gasteiger partial charge in [-0.1, -0.05) is 31.2 Å². The van der Waals surface area contributed by atoms with Crippen LogP contribution in [0.3, 0.4) is 0 Å². The van der Waals surface area contributed by atoms with Gasteiger partial charge in [-0.2, -0.15) is 5.26 Å². The minimum absolute atomic E-state index is 0.0832. The zero-order chi connectivity index (χ0) is 22.7. The van der Waals surface area contributed by atoms with Gasteiger partial charge in [0.25, 0.3) is 5.91 Å². The van der Waals surface area contributed by atoms with Gasteiger partial charge < -0.3 is 9.88 Å². The van der Waals surface area contributed by atoms with Crippen molar-refractivity contribution in [1.82, 2.24) is 4.57 Å². The lowest BCUT2D eigenvalue weighted by molar-refractivity contribution is -0.112. The third-order valence-electron chi connectivity index (χ3n) is 5.54. The normalized spacial score (nSPS) is 11.3. The van der Waals surface area contributed by atoms with Crippen molar-refractivity contribution in [2.24, 2.45) is 0 Å². The molecule has 0 unspecified atom stereocenters. The van der Waals surface area contributed by atoms with Crippen molar-refractivity contribution in [1.29, 1.82) is 5.26 Å². The van der Waals surface area contributed by atoms with Crippen LogP contribution in [0.5, 0.6) is 0 Å². The SMILES string of the molecule is CCc1cccc(C)c1-n1c(C)cc(/C=C(/C#N)C(=O)Nc2cc(C)cc(C)c2)c1C. The molecule has 1 heterocycles. The number of nitriles is 1. The van der Waals surface area contributed by atoms with Crippen molar-refractivity contribution in [3.63, 3.8) is 0 Å². The number of para-hydroxylation sites is 1. The Morgan fingerprint density at radius 1 is 1.06 bits per heavy atom. The Morgan fingerprint density at radius 3 is 2.35 bits per heavy atom. The van der Waals surface area contributed by atoms with E-state index in [2.05, 4.69) is 54.9 Å². The molecule has 0 atom stereocenters. The van der Waals surface area contributed by atoms with Crippen LogP contribution in [0, 0.1) is 45.9 Å². The van der Waals surface area contributed by atoms with E-state index in [1.807, 2.05) is 45.0 Å². The molecule has 0 aliphatic heterocycles. The van der Waals surface area contributed by atoms with E-state index >= 15 is 0 Å². The number of nitrogens with zero attached hydrogens (tertiary/aromatic N) is 2. The molecule has 0 aliphatic carbocycles. The summed E-state index contributed by atoms with van der Waals surface area (Å²) >= 11 is 0. The average Bonchev–Trinajstić information content (AvgIpc) is 2.98. The van der Waals surface area contributed by atoms with Crippen LogP contribution >= 0.6 is 0 Å². The van der Waals surface area contributed by atoms with Crippen LogP contribution in [0.1, 0.15) is 46.1 Å². The van der Waals surface area contributed by atoms with Crippen molar-refractivity contribution in [3.8, 4) is 11.8 Å². The predicted octanol–water partition coefficient (Wildman–Crippen LogP) is 6.13. The molecule has 0 aliphatic rings. The van der Waals surface area contributed by atoms with E-state index in [1.165, 1.54) is 16.8 Å². The number of carbonyl (C=O) groups excluding carboxylic acids is 1. The molecule has 4 heteroatoms. The van der Waals surface area contributed by atoms with Gasteiger partial charge >= 0.3 is 0 Å². The summed E-state index contributed by atoms with van der Waals surface area (Å²) in [7, 11) is 0. The number of hydrogen-bond acceptors (Lipinski definition) is 2. The molecule has 1 N–H and O–H groups in total. The predicted molar refractivity (Wildman–Crippen MR) is 127 cm³/mol. The minimum atomic E-state index is -0.401. The van der Waals surface area contributed by atoms with Crippen LogP contribution in [0.2, 0.25) is 0 Å². The van der Waals surface area contributed by atoms with E-state index in [-0.39, 0.29) is 5.57 Å². The Bertz CT molecular complexity index is 1200. The Labute approximate surface area is 184 Å². The van der Waals surface area contributed by atoms with Crippen molar-refractivity contribution in [3.05, 3.63) is 87.2 Å². The smallest absolute Gasteiger partial charge is 0.266 e. The molecular weight excluding hydrogens is 382 g/mol. The zero-order valence-electron chi connectivity index (χ0n) is 19.1. The van der Waals surface area contributed by atoms with Gasteiger partial charge in [0.15, 0.2) is 0 Å². The zero-order valence-corrected chi connectivity index (χ0v) is 19.1. The highest BCUT2D eigenvalue weighted by Gasteiger charge is 2.16. The average molecular weight is 412 g/mol. The number of rotatable bonds is 5. The Balaban J connectivity index is 2.00. The topological polar surface area (TPSA) is 57.8 Å². The maximum Gasteiger partial charge on any atom is 0.266 e. The maximum absolute atomic E-state index is 12.8. The summed E-state index contributed by atoms with van der Waals surface area (Å²) in [4.78, 5) is 12.8. The Kier molecular flexibility index (Phi) is 6.46. The first kappa shape index (κ1) is 22.1. The lowest BCUT2D eigenvalue weighted by Gasteiger charge is -2.17. The number of aromatic nitrogens is 1. The largest absolute Gasteiger partial charge is 0.321 e. The molecule has 158 valence electrons. The van der Waals surface area contributed by atoms with Crippen LogP contribution in [0.4, 0.5) is 5.69 Å². The molecule has 31 heavy (non-hydrogen) atoms. The van der Waals surface area contributed by atoms with E-state index in [1.54, 1.807) is 6.08 Å². The molecule has 1 amide bonds. The molecule has 0 bridgehead atoms. The molecule has 0 spiro atoms. The summed E-state index contributed by atoms with van der Waals surface area (Å²) < 4.78 is 2.22. The number of anilines is 1. The number of amides is 1. The second kappa shape index (κ2) is 9.06. The number of aryl methyl sites for hydroxylation is 5. The van der Waals surface area contributed by atoms with Gasteiger partial charge in [-0.15, -0.1) is 0 Å². The monoisotopic (exact) mass is 411 g/mol. The maximum atomic E-state index is 12.8. The minimum Gasteiger partial charge on any atom is -0.321 e. The molecule has 4 nitrogen and oxygen atoms in total. The summed E-state index contributed by atoms with van der Waals surface area (Å²) in [6.45, 7) is 12.3. The number of carbonyl (C=O) groups is 1. The summed E-state index contributed by atoms with van der Waals surface area (Å²) in [5.41, 5.74) is 9.50. The first-order valence-electron chi connectivity index (χ1n) is 10.5. The molecule has 0 radical (unpaired) electrons. The van der Waals surface area contributed by atoms with Crippen LogP contribution in [-0.2, 0) is 11.2 Å². The van der Waals surface area contributed by atoms with Crippen molar-refractivity contribution < 1.29 is 4.79 Å². The van der Waals surface area contributed by atoms with Crippen LogP contribution in [0.15, 0.2) is 48.0 Å². The highest BCUT2D eigenvalue weighted by molar-refractivity contribution is 6.09. The van der Waals surface area contributed by atoms with E-state index < -0.39 is 5.91 Å². The first-order chi connectivity index (χ1) is 14.7.